The molecule has 2 fully saturated rings. The first-order chi connectivity index (χ1) is 8.67. The normalized spacial score (nSPS) is 40.5. The quantitative estimate of drug-likeness (QED) is 0.764. The van der Waals surface area contributed by atoms with Crippen LogP contribution in [-0.2, 0) is 4.74 Å². The van der Waals surface area contributed by atoms with E-state index in [4.69, 9.17) is 10.5 Å². The van der Waals surface area contributed by atoms with Gasteiger partial charge in [-0.3, -0.25) is 0 Å². The van der Waals surface area contributed by atoms with Gasteiger partial charge in [-0.2, -0.15) is 0 Å². The highest BCUT2D eigenvalue weighted by molar-refractivity contribution is 4.92. The van der Waals surface area contributed by atoms with Crippen LogP contribution in [0.1, 0.15) is 52.4 Å². The van der Waals surface area contributed by atoms with Crippen LogP contribution in [0.3, 0.4) is 0 Å². The van der Waals surface area contributed by atoms with Crippen molar-refractivity contribution in [3.63, 3.8) is 0 Å². The molecule has 0 heterocycles. The van der Waals surface area contributed by atoms with Gasteiger partial charge in [0.05, 0.1) is 6.10 Å². The zero-order valence-electron chi connectivity index (χ0n) is 12.1. The molecule has 2 saturated carbocycles. The molecule has 0 bridgehead atoms. The molecule has 18 heavy (non-hydrogen) atoms. The van der Waals surface area contributed by atoms with Crippen molar-refractivity contribution >= 4 is 0 Å². The number of hydrogen-bond acceptors (Lipinski definition) is 3. The maximum absolute atomic E-state index is 6.04. The zero-order chi connectivity index (χ0) is 13.0. The van der Waals surface area contributed by atoms with E-state index in [0.717, 1.165) is 25.6 Å². The minimum Gasteiger partial charge on any atom is -0.378 e. The monoisotopic (exact) mass is 254 g/mol. The minimum absolute atomic E-state index is 0.378. The molecule has 3 N–H and O–H groups in total. The maximum Gasteiger partial charge on any atom is 0.0604 e. The van der Waals surface area contributed by atoms with E-state index in [9.17, 15) is 0 Å². The fourth-order valence-electron chi connectivity index (χ4n) is 3.29. The van der Waals surface area contributed by atoms with Gasteiger partial charge in [-0.1, -0.05) is 19.8 Å². The standard InChI is InChI=1S/C15H30N2O/c1-3-18-14-8-13(9-14)17-11-15(10-16)6-4-12(2)5-7-15/h12-14,17H,3-11,16H2,1-2H3. The maximum atomic E-state index is 6.04. The molecular formula is C15H30N2O. The van der Waals surface area contributed by atoms with Gasteiger partial charge in [0.25, 0.3) is 0 Å². The highest BCUT2D eigenvalue weighted by atomic mass is 16.5. The average Bonchev–Trinajstić information content (AvgIpc) is 2.34. The summed E-state index contributed by atoms with van der Waals surface area (Å²) in [6.07, 6.45) is 8.19. The van der Waals surface area contributed by atoms with Crippen LogP contribution in [0.4, 0.5) is 0 Å². The highest BCUT2D eigenvalue weighted by Crippen LogP contribution is 2.38. The summed E-state index contributed by atoms with van der Waals surface area (Å²) in [5.74, 6) is 0.899. The van der Waals surface area contributed by atoms with Crippen LogP contribution in [0.2, 0.25) is 0 Å². The van der Waals surface area contributed by atoms with Crippen LogP contribution >= 0.6 is 0 Å². The molecule has 0 aromatic rings. The van der Waals surface area contributed by atoms with Crippen LogP contribution in [0, 0.1) is 11.3 Å². The second-order valence-corrected chi connectivity index (χ2v) is 6.51. The van der Waals surface area contributed by atoms with E-state index in [1.807, 2.05) is 0 Å². The third-order valence-corrected chi connectivity index (χ3v) is 5.03. The van der Waals surface area contributed by atoms with E-state index in [1.165, 1.54) is 38.5 Å². The van der Waals surface area contributed by atoms with Crippen molar-refractivity contribution in [3.8, 4) is 0 Å². The van der Waals surface area contributed by atoms with Crippen LogP contribution in [-0.4, -0.2) is 31.8 Å². The summed E-state index contributed by atoms with van der Waals surface area (Å²) in [4.78, 5) is 0. The van der Waals surface area contributed by atoms with Gasteiger partial charge in [-0.15, -0.1) is 0 Å². The first-order valence-corrected chi connectivity index (χ1v) is 7.72. The number of rotatable bonds is 6. The number of nitrogens with two attached hydrogens (primary N) is 1. The Hall–Kier alpha value is -0.120. The highest BCUT2D eigenvalue weighted by Gasteiger charge is 2.35. The Labute approximate surface area is 112 Å². The molecule has 0 aromatic carbocycles. The zero-order valence-corrected chi connectivity index (χ0v) is 12.1. The Morgan fingerprint density at radius 1 is 1.28 bits per heavy atom. The lowest BCUT2D eigenvalue weighted by Crippen LogP contribution is -2.51. The van der Waals surface area contributed by atoms with E-state index in [1.54, 1.807) is 0 Å². The Kier molecular flexibility index (Phi) is 5.05. The number of nitrogens with one attached hydrogen (secondary N) is 1. The molecule has 0 radical (unpaired) electrons. The van der Waals surface area contributed by atoms with Crippen LogP contribution in [0.5, 0.6) is 0 Å². The van der Waals surface area contributed by atoms with Crippen LogP contribution in [0.25, 0.3) is 0 Å². The third-order valence-electron chi connectivity index (χ3n) is 5.03. The number of ether oxygens (including phenoxy) is 1. The first-order valence-electron chi connectivity index (χ1n) is 7.72. The van der Waals surface area contributed by atoms with Gasteiger partial charge >= 0.3 is 0 Å². The van der Waals surface area contributed by atoms with Crippen LogP contribution in [0.15, 0.2) is 0 Å². The largest absolute Gasteiger partial charge is 0.378 e. The van der Waals surface area contributed by atoms with Crippen molar-refractivity contribution < 1.29 is 4.74 Å². The van der Waals surface area contributed by atoms with E-state index in [-0.39, 0.29) is 0 Å². The Morgan fingerprint density at radius 2 is 1.94 bits per heavy atom. The molecule has 0 aliphatic heterocycles. The van der Waals surface area contributed by atoms with Gasteiger partial charge in [0.1, 0.15) is 0 Å². The second-order valence-electron chi connectivity index (χ2n) is 6.51. The van der Waals surface area contributed by atoms with Gasteiger partial charge in [-0.05, 0) is 50.5 Å². The summed E-state index contributed by atoms with van der Waals surface area (Å²) in [6, 6.07) is 0.671. The molecule has 3 nitrogen and oxygen atoms in total. The lowest BCUT2D eigenvalue weighted by Gasteiger charge is -2.42. The topological polar surface area (TPSA) is 47.3 Å². The third kappa shape index (κ3) is 3.46. The van der Waals surface area contributed by atoms with Crippen molar-refractivity contribution in [2.24, 2.45) is 17.1 Å². The number of hydrogen-bond donors (Lipinski definition) is 2. The summed E-state index contributed by atoms with van der Waals surface area (Å²) in [5.41, 5.74) is 6.42. The van der Waals surface area contributed by atoms with E-state index in [0.29, 0.717) is 17.6 Å². The van der Waals surface area contributed by atoms with Crippen molar-refractivity contribution in [3.05, 3.63) is 0 Å². The van der Waals surface area contributed by atoms with Gasteiger partial charge in [-0.25, -0.2) is 0 Å². The Balaban J connectivity index is 1.69. The van der Waals surface area contributed by atoms with Gasteiger partial charge in [0.2, 0.25) is 0 Å². The van der Waals surface area contributed by atoms with Gasteiger partial charge in [0.15, 0.2) is 0 Å². The Bertz CT molecular complexity index is 243. The van der Waals surface area contributed by atoms with E-state index >= 15 is 0 Å². The van der Waals surface area contributed by atoms with Crippen molar-refractivity contribution in [2.75, 3.05) is 19.7 Å². The lowest BCUT2D eigenvalue weighted by molar-refractivity contribution is -0.0134. The molecule has 2 aliphatic rings. The van der Waals surface area contributed by atoms with Gasteiger partial charge < -0.3 is 15.8 Å². The fourth-order valence-corrected chi connectivity index (χ4v) is 3.29. The van der Waals surface area contributed by atoms with Crippen molar-refractivity contribution in [1.82, 2.24) is 5.32 Å². The van der Waals surface area contributed by atoms with Crippen molar-refractivity contribution in [2.45, 2.75) is 64.5 Å². The molecule has 0 saturated heterocycles. The molecule has 0 amide bonds. The minimum atomic E-state index is 0.378. The molecule has 0 unspecified atom stereocenters. The SMILES string of the molecule is CCOC1CC(NCC2(CN)CCC(C)CC2)C1. The molecule has 0 atom stereocenters. The first kappa shape index (κ1) is 14.3. The predicted molar refractivity (Wildman–Crippen MR) is 75.6 cm³/mol. The smallest absolute Gasteiger partial charge is 0.0604 e. The average molecular weight is 254 g/mol. The van der Waals surface area contributed by atoms with E-state index in [2.05, 4.69) is 19.2 Å². The molecule has 3 heteroatoms. The summed E-state index contributed by atoms with van der Waals surface area (Å²) in [5, 5.41) is 3.72. The van der Waals surface area contributed by atoms with Crippen molar-refractivity contribution in [1.29, 1.82) is 0 Å². The molecule has 2 rings (SSSR count). The lowest BCUT2D eigenvalue weighted by atomic mass is 9.70. The van der Waals surface area contributed by atoms with Crippen LogP contribution < -0.4 is 11.1 Å². The van der Waals surface area contributed by atoms with E-state index < -0.39 is 0 Å². The summed E-state index contributed by atoms with van der Waals surface area (Å²) < 4.78 is 5.60. The molecule has 106 valence electrons. The summed E-state index contributed by atoms with van der Waals surface area (Å²) in [7, 11) is 0. The summed E-state index contributed by atoms with van der Waals surface area (Å²) >= 11 is 0. The molecule has 0 aromatic heterocycles. The predicted octanol–water partition coefficient (Wildman–Crippen LogP) is 2.30. The molecule has 0 spiro atoms. The Morgan fingerprint density at radius 3 is 2.50 bits per heavy atom. The summed E-state index contributed by atoms with van der Waals surface area (Å²) in [6.45, 7) is 7.25. The molecular weight excluding hydrogens is 224 g/mol. The fraction of sp³-hybridized carbons (Fsp3) is 1.00. The molecule has 2 aliphatic carbocycles. The van der Waals surface area contributed by atoms with Gasteiger partial charge in [0, 0.05) is 19.2 Å². The second kappa shape index (κ2) is 6.36.